The summed E-state index contributed by atoms with van der Waals surface area (Å²) in [5, 5.41) is 0. The Bertz CT molecular complexity index is 526. The van der Waals surface area contributed by atoms with Gasteiger partial charge in [-0.3, -0.25) is 0 Å². The van der Waals surface area contributed by atoms with Crippen molar-refractivity contribution in [1.82, 2.24) is 9.55 Å². The van der Waals surface area contributed by atoms with E-state index >= 15 is 0 Å². The van der Waals surface area contributed by atoms with Crippen molar-refractivity contribution in [2.75, 3.05) is 5.75 Å². The fourth-order valence-corrected chi connectivity index (χ4v) is 2.69. The molecule has 0 unspecified atom stereocenters. The van der Waals surface area contributed by atoms with Crippen LogP contribution in [0, 0.1) is 12.3 Å². The topological polar surface area (TPSA) is 17.8 Å². The Labute approximate surface area is 101 Å². The van der Waals surface area contributed by atoms with Gasteiger partial charge < -0.3 is 4.57 Å². The van der Waals surface area contributed by atoms with Crippen molar-refractivity contribution in [3.63, 3.8) is 0 Å². The number of thiol groups is 1. The highest BCUT2D eigenvalue weighted by molar-refractivity contribution is 7.80. The number of hydrogen-bond acceptors (Lipinski definition) is 2. The molecule has 16 heavy (non-hydrogen) atoms. The van der Waals surface area contributed by atoms with Crippen molar-refractivity contribution in [2.45, 2.75) is 26.3 Å². The Balaban J connectivity index is 2.05. The number of aryl methyl sites for hydroxylation is 1. The average Bonchev–Trinajstić information content (AvgIpc) is 3.01. The fourth-order valence-electron chi connectivity index (χ4n) is 2.27. The maximum atomic E-state index is 4.60. The molecule has 1 heterocycles. The first-order valence-electron chi connectivity index (χ1n) is 5.77. The summed E-state index contributed by atoms with van der Waals surface area (Å²) in [5.41, 5.74) is 2.81. The molecule has 0 saturated heterocycles. The third-order valence-corrected chi connectivity index (χ3v) is 4.30. The van der Waals surface area contributed by atoms with Crippen LogP contribution in [0.5, 0.6) is 0 Å². The zero-order valence-electron chi connectivity index (χ0n) is 9.48. The van der Waals surface area contributed by atoms with Crippen LogP contribution in [-0.2, 0) is 6.54 Å². The molecule has 1 aliphatic carbocycles. The summed E-state index contributed by atoms with van der Waals surface area (Å²) in [6.07, 6.45) is 2.62. The van der Waals surface area contributed by atoms with Gasteiger partial charge in [-0.05, 0) is 43.1 Å². The minimum Gasteiger partial charge on any atom is -0.328 e. The van der Waals surface area contributed by atoms with E-state index in [2.05, 4.69) is 47.3 Å². The first kappa shape index (κ1) is 10.2. The van der Waals surface area contributed by atoms with E-state index in [-0.39, 0.29) is 0 Å². The van der Waals surface area contributed by atoms with Crippen LogP contribution in [0.15, 0.2) is 24.3 Å². The lowest BCUT2D eigenvalue weighted by atomic mass is 10.1. The normalized spacial score (nSPS) is 17.9. The molecule has 1 aliphatic rings. The van der Waals surface area contributed by atoms with Gasteiger partial charge in [0, 0.05) is 6.54 Å². The molecule has 1 saturated carbocycles. The molecular weight excluding hydrogens is 216 g/mol. The van der Waals surface area contributed by atoms with E-state index in [1.165, 1.54) is 18.4 Å². The molecule has 0 aliphatic heterocycles. The number of imidazole rings is 1. The van der Waals surface area contributed by atoms with Crippen molar-refractivity contribution >= 4 is 23.7 Å². The molecule has 1 aromatic heterocycles. The van der Waals surface area contributed by atoms with E-state index in [1.807, 2.05) is 6.07 Å². The van der Waals surface area contributed by atoms with Gasteiger partial charge in [0.2, 0.25) is 0 Å². The smallest absolute Gasteiger partial charge is 0.106 e. The zero-order valence-corrected chi connectivity index (χ0v) is 10.4. The highest BCUT2D eigenvalue weighted by Gasteiger charge is 2.41. The second-order valence-electron chi connectivity index (χ2n) is 4.89. The van der Waals surface area contributed by atoms with Crippen LogP contribution in [-0.4, -0.2) is 15.3 Å². The zero-order chi connectivity index (χ0) is 11.2. The molecule has 3 heteroatoms. The van der Waals surface area contributed by atoms with Gasteiger partial charge in [0.15, 0.2) is 0 Å². The Hall–Kier alpha value is -0.960. The molecule has 2 nitrogen and oxygen atoms in total. The van der Waals surface area contributed by atoms with Gasteiger partial charge in [0.25, 0.3) is 0 Å². The molecule has 0 N–H and O–H groups in total. The van der Waals surface area contributed by atoms with E-state index in [9.17, 15) is 0 Å². The highest BCUT2D eigenvalue weighted by Crippen LogP contribution is 2.48. The van der Waals surface area contributed by atoms with Crippen LogP contribution < -0.4 is 0 Å². The molecule has 1 fully saturated rings. The Kier molecular flexibility index (Phi) is 2.25. The van der Waals surface area contributed by atoms with Gasteiger partial charge in [-0.25, -0.2) is 4.98 Å². The van der Waals surface area contributed by atoms with Crippen LogP contribution in [0.2, 0.25) is 0 Å². The van der Waals surface area contributed by atoms with E-state index in [1.54, 1.807) is 0 Å². The van der Waals surface area contributed by atoms with Gasteiger partial charge in [-0.1, -0.05) is 12.1 Å². The Morgan fingerprint density at radius 1 is 1.38 bits per heavy atom. The van der Waals surface area contributed by atoms with Gasteiger partial charge in [0.1, 0.15) is 5.82 Å². The second kappa shape index (κ2) is 3.52. The van der Waals surface area contributed by atoms with Crippen molar-refractivity contribution in [1.29, 1.82) is 0 Å². The number of benzene rings is 1. The summed E-state index contributed by atoms with van der Waals surface area (Å²) in [6, 6.07) is 8.37. The van der Waals surface area contributed by atoms with Gasteiger partial charge >= 0.3 is 0 Å². The first-order valence-corrected chi connectivity index (χ1v) is 6.40. The third-order valence-electron chi connectivity index (χ3n) is 3.63. The van der Waals surface area contributed by atoms with Crippen molar-refractivity contribution < 1.29 is 0 Å². The molecule has 0 amide bonds. The van der Waals surface area contributed by atoms with Crippen LogP contribution in [0.25, 0.3) is 11.0 Å². The minimum atomic E-state index is 0.442. The molecule has 0 atom stereocenters. The minimum absolute atomic E-state index is 0.442. The maximum absolute atomic E-state index is 4.60. The van der Waals surface area contributed by atoms with Crippen molar-refractivity contribution in [3.8, 4) is 0 Å². The summed E-state index contributed by atoms with van der Waals surface area (Å²) in [5.74, 6) is 2.10. The monoisotopic (exact) mass is 232 g/mol. The molecule has 0 spiro atoms. The molecule has 84 valence electrons. The van der Waals surface area contributed by atoms with Crippen LogP contribution in [0.4, 0.5) is 0 Å². The van der Waals surface area contributed by atoms with E-state index in [0.29, 0.717) is 5.41 Å². The molecular formula is C13H16N2S. The predicted molar refractivity (Wildman–Crippen MR) is 70.0 cm³/mol. The predicted octanol–water partition coefficient (Wildman–Crippen LogP) is 3.05. The molecule has 2 aromatic rings. The molecule has 3 rings (SSSR count). The lowest BCUT2D eigenvalue weighted by Gasteiger charge is -2.14. The largest absolute Gasteiger partial charge is 0.328 e. The summed E-state index contributed by atoms with van der Waals surface area (Å²) < 4.78 is 2.35. The summed E-state index contributed by atoms with van der Waals surface area (Å²) >= 11 is 4.47. The second-order valence-corrected chi connectivity index (χ2v) is 5.21. The van der Waals surface area contributed by atoms with Crippen LogP contribution in [0.1, 0.15) is 18.7 Å². The number of aromatic nitrogens is 2. The van der Waals surface area contributed by atoms with E-state index in [4.69, 9.17) is 0 Å². The van der Waals surface area contributed by atoms with Gasteiger partial charge in [0.05, 0.1) is 11.0 Å². The van der Waals surface area contributed by atoms with Crippen LogP contribution >= 0.6 is 12.6 Å². The highest BCUT2D eigenvalue weighted by atomic mass is 32.1. The van der Waals surface area contributed by atoms with Crippen molar-refractivity contribution in [2.24, 2.45) is 5.41 Å². The quantitative estimate of drug-likeness (QED) is 0.805. The number of hydrogen-bond donors (Lipinski definition) is 1. The molecule has 1 aromatic carbocycles. The van der Waals surface area contributed by atoms with Crippen LogP contribution in [0.3, 0.4) is 0 Å². The van der Waals surface area contributed by atoms with Crippen molar-refractivity contribution in [3.05, 3.63) is 30.1 Å². The number of fused-ring (bicyclic) bond motifs is 1. The fraction of sp³-hybridized carbons (Fsp3) is 0.462. The SMILES string of the molecule is Cc1nc2ccccc2n1CC1(CS)CC1. The summed E-state index contributed by atoms with van der Waals surface area (Å²) in [6.45, 7) is 3.16. The number of para-hydroxylation sites is 2. The molecule has 0 bridgehead atoms. The molecule has 0 radical (unpaired) electrons. The van der Waals surface area contributed by atoms with E-state index < -0.39 is 0 Å². The Morgan fingerprint density at radius 3 is 2.81 bits per heavy atom. The number of nitrogens with zero attached hydrogens (tertiary/aromatic N) is 2. The average molecular weight is 232 g/mol. The third kappa shape index (κ3) is 1.54. The number of rotatable bonds is 3. The maximum Gasteiger partial charge on any atom is 0.106 e. The van der Waals surface area contributed by atoms with Gasteiger partial charge in [-0.15, -0.1) is 0 Å². The van der Waals surface area contributed by atoms with Gasteiger partial charge in [-0.2, -0.15) is 12.6 Å². The first-order chi connectivity index (χ1) is 7.74. The standard InChI is InChI=1S/C13H16N2S/c1-10-14-11-4-2-3-5-12(11)15(10)8-13(9-16)6-7-13/h2-5,16H,6-9H2,1H3. The lowest BCUT2D eigenvalue weighted by Crippen LogP contribution is -2.14. The van der Waals surface area contributed by atoms with E-state index in [0.717, 1.165) is 23.6 Å². The summed E-state index contributed by atoms with van der Waals surface area (Å²) in [7, 11) is 0. The lowest BCUT2D eigenvalue weighted by molar-refractivity contribution is 0.475. The summed E-state index contributed by atoms with van der Waals surface area (Å²) in [4.78, 5) is 4.60. The Morgan fingerprint density at radius 2 is 2.12 bits per heavy atom.